The molecule has 0 spiro atoms. The summed E-state index contributed by atoms with van der Waals surface area (Å²) in [7, 11) is 0. The molecule has 0 radical (unpaired) electrons. The van der Waals surface area contributed by atoms with Gasteiger partial charge in [0.05, 0.1) is 0 Å². The molecule has 0 aliphatic carbocycles. The van der Waals surface area contributed by atoms with Gasteiger partial charge in [-0.3, -0.25) is 10.2 Å². The average molecular weight is 338 g/mol. The van der Waals surface area contributed by atoms with Crippen LogP contribution < -0.4 is 5.43 Å². The fourth-order valence-electron chi connectivity index (χ4n) is 2.42. The Bertz CT molecular complexity index is 1050. The number of ether oxygens (including phenoxy) is 1. The molecule has 3 aromatic rings. The van der Waals surface area contributed by atoms with E-state index in [1.165, 1.54) is 23.4 Å². The van der Waals surface area contributed by atoms with Crippen molar-refractivity contribution in [2.45, 2.75) is 0 Å². The van der Waals surface area contributed by atoms with Gasteiger partial charge < -0.3 is 14.8 Å². The van der Waals surface area contributed by atoms with Crippen LogP contribution in [0.5, 0.6) is 0 Å². The van der Waals surface area contributed by atoms with Crippen molar-refractivity contribution in [3.05, 3.63) is 60.0 Å². The van der Waals surface area contributed by atoms with Crippen molar-refractivity contribution >= 4 is 28.9 Å². The number of hydrogen-bond acceptors (Lipinski definition) is 7. The summed E-state index contributed by atoms with van der Waals surface area (Å²) in [5.74, 6) is -2.45. The van der Waals surface area contributed by atoms with E-state index in [4.69, 9.17) is 4.74 Å². The van der Waals surface area contributed by atoms with Crippen LogP contribution in [0, 0.1) is 0 Å². The Kier molecular flexibility index (Phi) is 3.28. The van der Waals surface area contributed by atoms with E-state index in [1.807, 2.05) is 6.07 Å². The number of pyridine rings is 1. The number of hydrogen-bond donors (Lipinski definition) is 3. The summed E-state index contributed by atoms with van der Waals surface area (Å²) in [5.41, 5.74) is 3.42. The molecule has 0 saturated heterocycles. The van der Waals surface area contributed by atoms with E-state index in [0.717, 1.165) is 5.39 Å². The minimum absolute atomic E-state index is 0.113. The highest BCUT2D eigenvalue weighted by Crippen LogP contribution is 2.27. The van der Waals surface area contributed by atoms with Crippen LogP contribution in [0.15, 0.2) is 54.4 Å². The lowest BCUT2D eigenvalue weighted by atomic mass is 10.1. The highest BCUT2D eigenvalue weighted by molar-refractivity contribution is 6.26. The summed E-state index contributed by atoms with van der Waals surface area (Å²) in [4.78, 5) is 31.0. The van der Waals surface area contributed by atoms with E-state index in [0.29, 0.717) is 11.2 Å². The predicted molar refractivity (Wildman–Crippen MR) is 84.2 cm³/mol. The number of nitrogens with one attached hydrogen (secondary N) is 2. The number of nitrogens with zero attached hydrogens (tertiary/aromatic N) is 4. The number of ketones is 1. The highest BCUT2D eigenvalue weighted by atomic mass is 16.5. The molecule has 10 heteroatoms. The van der Waals surface area contributed by atoms with Crippen LogP contribution >= 0.6 is 0 Å². The third-order valence-corrected chi connectivity index (χ3v) is 3.52. The van der Waals surface area contributed by atoms with E-state index >= 15 is 0 Å². The number of carbonyl (C=O) groups excluding carboxylic acids is 1. The van der Waals surface area contributed by atoms with Crippen molar-refractivity contribution < 1.29 is 19.4 Å². The minimum atomic E-state index is -1.40. The van der Waals surface area contributed by atoms with Gasteiger partial charge in [0.1, 0.15) is 18.3 Å². The molecule has 0 atom stereocenters. The number of fused-ring (bicyclic) bond motifs is 1. The molecular formula is C15H10N6O4. The Morgan fingerprint density at radius 3 is 2.92 bits per heavy atom. The van der Waals surface area contributed by atoms with Crippen molar-refractivity contribution in [2.24, 2.45) is 0 Å². The lowest BCUT2D eigenvalue weighted by Crippen LogP contribution is -2.17. The van der Waals surface area contributed by atoms with Crippen molar-refractivity contribution in [2.75, 3.05) is 5.43 Å². The Morgan fingerprint density at radius 1 is 1.36 bits per heavy atom. The molecule has 1 aliphatic rings. The topological polar surface area (TPSA) is 135 Å². The molecule has 10 nitrogen and oxygen atoms in total. The zero-order valence-corrected chi connectivity index (χ0v) is 12.5. The smallest absolute Gasteiger partial charge is 0.345 e. The third-order valence-electron chi connectivity index (χ3n) is 3.52. The maximum Gasteiger partial charge on any atom is 0.345 e. The Hall–Kier alpha value is -3.95. The number of aliphatic carboxylic acids is 1. The van der Waals surface area contributed by atoms with Gasteiger partial charge in [-0.2, -0.15) is 0 Å². The fourth-order valence-corrected chi connectivity index (χ4v) is 2.42. The molecule has 0 fully saturated rings. The Labute approximate surface area is 139 Å². The first-order valence-corrected chi connectivity index (χ1v) is 7.09. The van der Waals surface area contributed by atoms with Gasteiger partial charge in [0, 0.05) is 23.3 Å². The summed E-state index contributed by atoms with van der Waals surface area (Å²) < 4.78 is 6.70. The summed E-state index contributed by atoms with van der Waals surface area (Å²) in [6.07, 6.45) is 7.36. The zero-order chi connectivity index (χ0) is 17.4. The van der Waals surface area contributed by atoms with Crippen LogP contribution in [0.25, 0.3) is 17.1 Å². The van der Waals surface area contributed by atoms with Gasteiger partial charge in [-0.05, 0) is 18.2 Å². The van der Waals surface area contributed by atoms with Crippen molar-refractivity contribution in [1.29, 1.82) is 0 Å². The number of carbonyl (C=O) groups is 2. The van der Waals surface area contributed by atoms with Gasteiger partial charge in [0.2, 0.25) is 11.7 Å². The lowest BCUT2D eigenvalue weighted by molar-refractivity contribution is -0.134. The maximum absolute atomic E-state index is 12.4. The molecule has 3 aromatic heterocycles. The number of rotatable bonds is 4. The lowest BCUT2D eigenvalue weighted by Gasteiger charge is -2.07. The monoisotopic (exact) mass is 338 g/mol. The largest absolute Gasteiger partial charge is 0.477 e. The standard InChI is InChI=1S/C15H10N6O4/c22-12-10(4-8-5-17-13-9(8)2-1-3-16-13)25-14(11(12)15(23)24)20-21-6-18-19-7-21/h1-7,20H,(H,16,17)(H,23,24)/b10-4-. The van der Waals surface area contributed by atoms with Gasteiger partial charge in [-0.1, -0.05) is 0 Å². The van der Waals surface area contributed by atoms with Crippen LogP contribution in [0.3, 0.4) is 0 Å². The van der Waals surface area contributed by atoms with Crippen LogP contribution in [0.2, 0.25) is 0 Å². The number of H-pyrrole nitrogens is 1. The second-order valence-electron chi connectivity index (χ2n) is 5.07. The zero-order valence-electron chi connectivity index (χ0n) is 12.5. The van der Waals surface area contributed by atoms with E-state index in [-0.39, 0.29) is 11.6 Å². The summed E-state index contributed by atoms with van der Waals surface area (Å²) >= 11 is 0. The molecular weight excluding hydrogens is 328 g/mol. The van der Waals surface area contributed by atoms with Gasteiger partial charge in [-0.15, -0.1) is 10.2 Å². The number of Topliss-reactive ketones (excluding diaryl/α,β-unsaturated/α-hetero) is 1. The Morgan fingerprint density at radius 2 is 2.16 bits per heavy atom. The number of carboxylic acid groups (broad SMARTS) is 1. The van der Waals surface area contributed by atoms with E-state index in [1.54, 1.807) is 18.5 Å². The van der Waals surface area contributed by atoms with Gasteiger partial charge >= 0.3 is 5.97 Å². The number of allylic oxidation sites excluding steroid dienone is 1. The molecule has 0 bridgehead atoms. The molecule has 0 aromatic carbocycles. The normalized spacial score (nSPS) is 15.8. The Balaban J connectivity index is 1.71. The van der Waals surface area contributed by atoms with E-state index < -0.39 is 17.3 Å². The molecule has 124 valence electrons. The first-order valence-electron chi connectivity index (χ1n) is 7.09. The van der Waals surface area contributed by atoms with Crippen molar-refractivity contribution in [3.63, 3.8) is 0 Å². The van der Waals surface area contributed by atoms with Crippen LogP contribution in [-0.4, -0.2) is 41.7 Å². The van der Waals surface area contributed by atoms with Gasteiger partial charge in [-0.25, -0.2) is 14.5 Å². The van der Waals surface area contributed by atoms with Crippen LogP contribution in [0.1, 0.15) is 5.56 Å². The second kappa shape index (κ2) is 5.60. The molecule has 4 rings (SSSR count). The maximum atomic E-state index is 12.4. The van der Waals surface area contributed by atoms with E-state index in [2.05, 4.69) is 25.6 Å². The molecule has 3 N–H and O–H groups in total. The number of aromatic nitrogens is 5. The molecule has 0 unspecified atom stereocenters. The van der Waals surface area contributed by atoms with Crippen molar-refractivity contribution in [3.8, 4) is 0 Å². The SMILES string of the molecule is O=C(O)C1=C(Nn2cnnc2)O/C(=C\c2c[nH]c3ncccc23)C1=O. The quantitative estimate of drug-likeness (QED) is 0.466. The first-order chi connectivity index (χ1) is 12.1. The minimum Gasteiger partial charge on any atom is -0.477 e. The molecule has 0 saturated carbocycles. The summed E-state index contributed by atoms with van der Waals surface area (Å²) in [6.45, 7) is 0. The highest BCUT2D eigenvalue weighted by Gasteiger charge is 2.36. The predicted octanol–water partition coefficient (Wildman–Crippen LogP) is 0.634. The molecule has 0 amide bonds. The summed E-state index contributed by atoms with van der Waals surface area (Å²) in [6, 6.07) is 3.59. The molecule has 4 heterocycles. The van der Waals surface area contributed by atoms with Crippen LogP contribution in [0.4, 0.5) is 0 Å². The fraction of sp³-hybridized carbons (Fsp3) is 0. The molecule has 25 heavy (non-hydrogen) atoms. The number of carboxylic acids is 1. The van der Waals surface area contributed by atoms with Crippen LogP contribution in [-0.2, 0) is 14.3 Å². The summed E-state index contributed by atoms with van der Waals surface area (Å²) in [5, 5.41) is 17.3. The van der Waals surface area contributed by atoms with Gasteiger partial charge in [0.15, 0.2) is 11.3 Å². The molecule has 1 aliphatic heterocycles. The van der Waals surface area contributed by atoms with E-state index in [9.17, 15) is 14.7 Å². The third kappa shape index (κ3) is 2.51. The first kappa shape index (κ1) is 14.6. The second-order valence-corrected chi connectivity index (χ2v) is 5.07. The van der Waals surface area contributed by atoms with Crippen molar-refractivity contribution in [1.82, 2.24) is 24.8 Å². The van der Waals surface area contributed by atoms with Gasteiger partial charge in [0.25, 0.3) is 0 Å². The number of aromatic amines is 1. The average Bonchev–Trinajstić information content (AvgIpc) is 3.30.